The number of nitrogens with one attached hydrogen (secondary N) is 2. The van der Waals surface area contributed by atoms with E-state index in [2.05, 4.69) is 20.9 Å². The van der Waals surface area contributed by atoms with Crippen molar-refractivity contribution in [1.82, 2.24) is 25.6 Å². The third-order valence-corrected chi connectivity index (χ3v) is 3.86. The van der Waals surface area contributed by atoms with Crippen molar-refractivity contribution in [2.24, 2.45) is 0 Å². The van der Waals surface area contributed by atoms with Crippen LogP contribution in [0.3, 0.4) is 0 Å². The van der Waals surface area contributed by atoms with Crippen LogP contribution >= 0.6 is 0 Å². The predicted molar refractivity (Wildman–Crippen MR) is 67.7 cm³/mol. The molecular formula is C12H19N5O2. The predicted octanol–water partition coefficient (Wildman–Crippen LogP) is -0.544. The van der Waals surface area contributed by atoms with Gasteiger partial charge in [0.15, 0.2) is 5.69 Å². The molecule has 1 amide bonds. The number of aliphatic hydroxyl groups is 1. The van der Waals surface area contributed by atoms with Crippen molar-refractivity contribution in [2.75, 3.05) is 13.1 Å². The molecule has 0 spiro atoms. The Morgan fingerprint density at radius 3 is 3.00 bits per heavy atom. The van der Waals surface area contributed by atoms with E-state index < -0.39 is 0 Å². The smallest absolute Gasteiger partial charge is 0.273 e. The summed E-state index contributed by atoms with van der Waals surface area (Å²) in [5.74, 6) is -0.197. The molecule has 0 bridgehead atoms. The first-order valence-corrected chi connectivity index (χ1v) is 6.84. The molecule has 1 saturated carbocycles. The quantitative estimate of drug-likeness (QED) is 0.682. The molecule has 19 heavy (non-hydrogen) atoms. The van der Waals surface area contributed by atoms with Crippen LogP contribution in [-0.4, -0.2) is 51.2 Å². The molecule has 2 atom stereocenters. The summed E-state index contributed by atoms with van der Waals surface area (Å²) in [4.78, 5) is 12.0. The molecule has 3 rings (SSSR count). The lowest BCUT2D eigenvalue weighted by Crippen LogP contribution is -2.43. The van der Waals surface area contributed by atoms with Crippen molar-refractivity contribution < 1.29 is 9.90 Å². The van der Waals surface area contributed by atoms with Crippen LogP contribution in [0.25, 0.3) is 0 Å². The van der Waals surface area contributed by atoms with Crippen molar-refractivity contribution in [3.63, 3.8) is 0 Å². The SMILES string of the molecule is O=C(NC1CCCC(O)C1)c1cn(C2CNC2)nn1. The number of amides is 1. The second-order valence-corrected chi connectivity index (χ2v) is 5.39. The molecule has 0 aromatic carbocycles. The molecule has 1 aliphatic heterocycles. The number of aromatic nitrogens is 3. The minimum absolute atomic E-state index is 0.0479. The summed E-state index contributed by atoms with van der Waals surface area (Å²) in [6.45, 7) is 1.75. The van der Waals surface area contributed by atoms with Crippen molar-refractivity contribution >= 4 is 5.91 Å². The lowest BCUT2D eigenvalue weighted by molar-refractivity contribution is 0.0845. The van der Waals surface area contributed by atoms with Gasteiger partial charge in [0.05, 0.1) is 18.3 Å². The number of rotatable bonds is 3. The van der Waals surface area contributed by atoms with Crippen LogP contribution in [0.2, 0.25) is 0 Å². The maximum Gasteiger partial charge on any atom is 0.273 e. The Bertz CT molecular complexity index is 457. The summed E-state index contributed by atoms with van der Waals surface area (Å²) < 4.78 is 1.74. The maximum atomic E-state index is 12.0. The average molecular weight is 265 g/mol. The standard InChI is InChI=1S/C12H19N5O2/c18-10-3-1-2-8(4-10)14-12(19)11-7-17(16-15-11)9-5-13-6-9/h7-10,13,18H,1-6H2,(H,14,19). The summed E-state index contributed by atoms with van der Waals surface area (Å²) in [5, 5.41) is 23.6. The largest absolute Gasteiger partial charge is 0.393 e. The van der Waals surface area contributed by atoms with E-state index in [0.29, 0.717) is 18.2 Å². The van der Waals surface area contributed by atoms with Crippen LogP contribution in [-0.2, 0) is 0 Å². The Morgan fingerprint density at radius 2 is 2.32 bits per heavy atom. The van der Waals surface area contributed by atoms with E-state index in [0.717, 1.165) is 32.4 Å². The van der Waals surface area contributed by atoms with E-state index in [9.17, 15) is 9.90 Å². The van der Waals surface area contributed by atoms with E-state index in [-0.39, 0.29) is 18.1 Å². The minimum Gasteiger partial charge on any atom is -0.393 e. The Hall–Kier alpha value is -1.47. The summed E-state index contributed by atoms with van der Waals surface area (Å²) in [6, 6.07) is 0.359. The Kier molecular flexibility index (Phi) is 3.48. The van der Waals surface area contributed by atoms with Gasteiger partial charge in [-0.1, -0.05) is 5.21 Å². The lowest BCUT2D eigenvalue weighted by atomic mass is 9.93. The van der Waals surface area contributed by atoms with Gasteiger partial charge in [-0.2, -0.15) is 0 Å². The van der Waals surface area contributed by atoms with Crippen molar-refractivity contribution in [3.05, 3.63) is 11.9 Å². The Balaban J connectivity index is 1.58. The molecule has 2 heterocycles. The highest BCUT2D eigenvalue weighted by Crippen LogP contribution is 2.18. The minimum atomic E-state index is -0.296. The highest BCUT2D eigenvalue weighted by Gasteiger charge is 2.25. The van der Waals surface area contributed by atoms with E-state index in [4.69, 9.17) is 0 Å². The molecule has 1 aliphatic carbocycles. The summed E-state index contributed by atoms with van der Waals surface area (Å²) in [6.07, 6.45) is 4.73. The highest BCUT2D eigenvalue weighted by molar-refractivity contribution is 5.92. The highest BCUT2D eigenvalue weighted by atomic mass is 16.3. The molecule has 2 unspecified atom stereocenters. The number of hydrogen-bond donors (Lipinski definition) is 3. The molecule has 1 aromatic rings. The third kappa shape index (κ3) is 2.76. The van der Waals surface area contributed by atoms with Crippen molar-refractivity contribution in [1.29, 1.82) is 0 Å². The van der Waals surface area contributed by atoms with E-state index in [1.807, 2.05) is 0 Å². The van der Waals surface area contributed by atoms with Crippen LogP contribution in [0, 0.1) is 0 Å². The molecule has 104 valence electrons. The first-order chi connectivity index (χ1) is 9.22. The van der Waals surface area contributed by atoms with Gasteiger partial charge in [0.1, 0.15) is 0 Å². The number of carbonyl (C=O) groups is 1. The molecule has 1 aromatic heterocycles. The van der Waals surface area contributed by atoms with E-state index in [1.54, 1.807) is 10.9 Å². The van der Waals surface area contributed by atoms with Gasteiger partial charge in [0, 0.05) is 19.1 Å². The Morgan fingerprint density at radius 1 is 1.47 bits per heavy atom. The summed E-state index contributed by atoms with van der Waals surface area (Å²) in [5.41, 5.74) is 0.354. The molecule has 2 fully saturated rings. The van der Waals surface area contributed by atoms with Gasteiger partial charge in [-0.3, -0.25) is 4.79 Å². The third-order valence-electron chi connectivity index (χ3n) is 3.86. The zero-order chi connectivity index (χ0) is 13.2. The molecule has 0 radical (unpaired) electrons. The van der Waals surface area contributed by atoms with Gasteiger partial charge >= 0.3 is 0 Å². The monoisotopic (exact) mass is 265 g/mol. The zero-order valence-corrected chi connectivity index (χ0v) is 10.7. The van der Waals surface area contributed by atoms with Gasteiger partial charge in [-0.25, -0.2) is 4.68 Å². The summed E-state index contributed by atoms with van der Waals surface area (Å²) >= 11 is 0. The zero-order valence-electron chi connectivity index (χ0n) is 10.7. The number of carbonyl (C=O) groups excluding carboxylic acids is 1. The fraction of sp³-hybridized carbons (Fsp3) is 0.750. The number of hydrogen-bond acceptors (Lipinski definition) is 5. The second kappa shape index (κ2) is 5.26. The number of aliphatic hydroxyl groups excluding tert-OH is 1. The fourth-order valence-corrected chi connectivity index (χ4v) is 2.57. The maximum absolute atomic E-state index is 12.0. The van der Waals surface area contributed by atoms with Crippen LogP contribution in [0.15, 0.2) is 6.20 Å². The number of nitrogens with zero attached hydrogens (tertiary/aromatic N) is 3. The second-order valence-electron chi connectivity index (χ2n) is 5.39. The molecule has 2 aliphatic rings. The van der Waals surface area contributed by atoms with E-state index in [1.165, 1.54) is 0 Å². The average Bonchev–Trinajstić information content (AvgIpc) is 2.76. The van der Waals surface area contributed by atoms with Crippen LogP contribution in [0.4, 0.5) is 0 Å². The van der Waals surface area contributed by atoms with Gasteiger partial charge in [-0.05, 0) is 25.7 Å². The van der Waals surface area contributed by atoms with Gasteiger partial charge in [0.2, 0.25) is 0 Å². The fourth-order valence-electron chi connectivity index (χ4n) is 2.57. The normalized spacial score (nSPS) is 27.8. The molecule has 7 nitrogen and oxygen atoms in total. The lowest BCUT2D eigenvalue weighted by Gasteiger charge is -2.26. The van der Waals surface area contributed by atoms with Crippen molar-refractivity contribution in [3.8, 4) is 0 Å². The van der Waals surface area contributed by atoms with Crippen LogP contribution < -0.4 is 10.6 Å². The Labute approximate surface area is 111 Å². The first-order valence-electron chi connectivity index (χ1n) is 6.84. The van der Waals surface area contributed by atoms with Gasteiger partial charge in [-0.15, -0.1) is 5.10 Å². The molecule has 7 heteroatoms. The topological polar surface area (TPSA) is 92.1 Å². The van der Waals surface area contributed by atoms with Gasteiger partial charge in [0.25, 0.3) is 5.91 Å². The first kappa shape index (κ1) is 12.6. The molecule has 3 N–H and O–H groups in total. The van der Waals surface area contributed by atoms with Crippen LogP contribution in [0.1, 0.15) is 42.2 Å². The van der Waals surface area contributed by atoms with E-state index >= 15 is 0 Å². The van der Waals surface area contributed by atoms with Gasteiger partial charge < -0.3 is 15.7 Å². The molecule has 1 saturated heterocycles. The van der Waals surface area contributed by atoms with Crippen LogP contribution in [0.5, 0.6) is 0 Å². The van der Waals surface area contributed by atoms with Crippen molar-refractivity contribution in [2.45, 2.75) is 43.9 Å². The molecular weight excluding hydrogens is 246 g/mol. The summed E-state index contributed by atoms with van der Waals surface area (Å²) in [7, 11) is 0.